The van der Waals surface area contributed by atoms with Crippen LogP contribution in [-0.4, -0.2) is 33.5 Å². The minimum Gasteiger partial charge on any atom is -0.369 e. The molecule has 1 unspecified atom stereocenters. The van der Waals surface area contributed by atoms with Gasteiger partial charge in [0.15, 0.2) is 0 Å². The van der Waals surface area contributed by atoms with Crippen molar-refractivity contribution in [2.24, 2.45) is 11.7 Å². The highest BCUT2D eigenvalue weighted by Crippen LogP contribution is 2.18. The number of primary amides is 1. The van der Waals surface area contributed by atoms with Gasteiger partial charge in [0.2, 0.25) is 11.8 Å². The van der Waals surface area contributed by atoms with E-state index in [1.165, 1.54) is 0 Å². The average Bonchev–Trinajstić information content (AvgIpc) is 2.77. The molecule has 80 valence electrons. The third-order valence-electron chi connectivity index (χ3n) is 2.54. The van der Waals surface area contributed by atoms with Gasteiger partial charge in [0.1, 0.15) is 0 Å². The standard InChI is InChI=1S/C9H12N4O2/c10-9(15)6-3-8(14)13(4-6)5-7-1-2-11-12-7/h1-2,6H,3-5H2,(H2,10,15)(H,11,12). The minimum absolute atomic E-state index is 0.0339. The first-order valence-corrected chi connectivity index (χ1v) is 4.72. The maximum Gasteiger partial charge on any atom is 0.223 e. The van der Waals surface area contributed by atoms with Crippen LogP contribution in [0.1, 0.15) is 12.1 Å². The van der Waals surface area contributed by atoms with Gasteiger partial charge in [0.25, 0.3) is 0 Å². The molecule has 1 aliphatic rings. The normalized spacial score (nSPS) is 20.9. The molecule has 0 aliphatic carbocycles. The molecule has 15 heavy (non-hydrogen) atoms. The highest BCUT2D eigenvalue weighted by molar-refractivity contribution is 5.88. The van der Waals surface area contributed by atoms with E-state index < -0.39 is 5.91 Å². The van der Waals surface area contributed by atoms with Crippen LogP contribution < -0.4 is 5.73 Å². The van der Waals surface area contributed by atoms with E-state index in [1.54, 1.807) is 17.2 Å². The molecule has 0 radical (unpaired) electrons. The van der Waals surface area contributed by atoms with Crippen molar-refractivity contribution in [1.29, 1.82) is 0 Å². The Balaban J connectivity index is 2.00. The first-order valence-electron chi connectivity index (χ1n) is 4.72. The molecule has 1 fully saturated rings. The SMILES string of the molecule is NC(=O)C1CC(=O)N(Cc2ccn[nH]2)C1. The predicted molar refractivity (Wildman–Crippen MR) is 51.3 cm³/mol. The number of aromatic amines is 1. The second-order valence-corrected chi connectivity index (χ2v) is 3.66. The average molecular weight is 208 g/mol. The number of amides is 2. The molecule has 0 aromatic carbocycles. The van der Waals surface area contributed by atoms with E-state index in [0.717, 1.165) is 5.69 Å². The van der Waals surface area contributed by atoms with Crippen molar-refractivity contribution < 1.29 is 9.59 Å². The van der Waals surface area contributed by atoms with Gasteiger partial charge in [0.05, 0.1) is 18.2 Å². The Morgan fingerprint density at radius 1 is 1.73 bits per heavy atom. The highest BCUT2D eigenvalue weighted by atomic mass is 16.2. The number of likely N-dealkylation sites (tertiary alicyclic amines) is 1. The van der Waals surface area contributed by atoms with Crippen molar-refractivity contribution in [3.05, 3.63) is 18.0 Å². The number of rotatable bonds is 3. The number of nitrogens with two attached hydrogens (primary N) is 1. The van der Waals surface area contributed by atoms with Crippen molar-refractivity contribution in [3.63, 3.8) is 0 Å². The van der Waals surface area contributed by atoms with Gasteiger partial charge in [-0.2, -0.15) is 5.10 Å². The molecule has 1 aromatic heterocycles. The third kappa shape index (κ3) is 1.98. The van der Waals surface area contributed by atoms with E-state index in [4.69, 9.17) is 5.73 Å². The summed E-state index contributed by atoms with van der Waals surface area (Å²) in [6.45, 7) is 0.871. The molecule has 2 rings (SSSR count). The monoisotopic (exact) mass is 208 g/mol. The van der Waals surface area contributed by atoms with Crippen molar-refractivity contribution in [2.75, 3.05) is 6.54 Å². The molecule has 6 heteroatoms. The third-order valence-corrected chi connectivity index (χ3v) is 2.54. The molecule has 0 saturated carbocycles. The molecule has 1 saturated heterocycles. The Hall–Kier alpha value is -1.85. The van der Waals surface area contributed by atoms with Crippen LogP contribution in [0.15, 0.2) is 12.3 Å². The van der Waals surface area contributed by atoms with E-state index in [0.29, 0.717) is 13.1 Å². The Kier molecular flexibility index (Phi) is 2.40. The van der Waals surface area contributed by atoms with Crippen LogP contribution in [0.25, 0.3) is 0 Å². The molecule has 0 bridgehead atoms. The van der Waals surface area contributed by atoms with E-state index in [1.807, 2.05) is 0 Å². The molecule has 6 nitrogen and oxygen atoms in total. The summed E-state index contributed by atoms with van der Waals surface area (Å²) in [6, 6.07) is 1.80. The quantitative estimate of drug-likeness (QED) is 0.684. The van der Waals surface area contributed by atoms with Crippen LogP contribution in [0.4, 0.5) is 0 Å². The lowest BCUT2D eigenvalue weighted by Crippen LogP contribution is -2.28. The first kappa shape index (κ1) is 9.70. The van der Waals surface area contributed by atoms with Crippen LogP contribution in [0.3, 0.4) is 0 Å². The molecule has 0 spiro atoms. The summed E-state index contributed by atoms with van der Waals surface area (Å²) in [4.78, 5) is 24.0. The Morgan fingerprint density at radius 3 is 3.07 bits per heavy atom. The van der Waals surface area contributed by atoms with Crippen LogP contribution in [0, 0.1) is 5.92 Å². The number of hydrogen-bond acceptors (Lipinski definition) is 3. The maximum atomic E-state index is 11.5. The van der Waals surface area contributed by atoms with E-state index in [2.05, 4.69) is 10.2 Å². The van der Waals surface area contributed by atoms with Crippen LogP contribution >= 0.6 is 0 Å². The summed E-state index contributed by atoms with van der Waals surface area (Å²) in [5.74, 6) is -0.788. The number of H-pyrrole nitrogens is 1. The van der Waals surface area contributed by atoms with Gasteiger partial charge in [-0.3, -0.25) is 14.7 Å². The van der Waals surface area contributed by atoms with E-state index in [-0.39, 0.29) is 18.2 Å². The lowest BCUT2D eigenvalue weighted by molar-refractivity contribution is -0.128. The van der Waals surface area contributed by atoms with Crippen LogP contribution in [-0.2, 0) is 16.1 Å². The summed E-state index contributed by atoms with van der Waals surface area (Å²) < 4.78 is 0. The smallest absolute Gasteiger partial charge is 0.223 e. The largest absolute Gasteiger partial charge is 0.369 e. The number of carbonyl (C=O) groups is 2. The lowest BCUT2D eigenvalue weighted by atomic mass is 10.1. The molecule has 3 N–H and O–H groups in total. The maximum absolute atomic E-state index is 11.5. The first-order chi connectivity index (χ1) is 7.16. The van der Waals surface area contributed by atoms with Crippen LogP contribution in [0.2, 0.25) is 0 Å². The summed E-state index contributed by atoms with van der Waals surface area (Å²) in [7, 11) is 0. The fourth-order valence-electron chi connectivity index (χ4n) is 1.69. The zero-order valence-corrected chi connectivity index (χ0v) is 8.14. The summed E-state index contributed by atoms with van der Waals surface area (Å²) >= 11 is 0. The molecular weight excluding hydrogens is 196 g/mol. The molecule has 1 atom stereocenters. The Labute approximate surface area is 86.4 Å². The second kappa shape index (κ2) is 3.72. The summed E-state index contributed by atoms with van der Waals surface area (Å²) in [6.07, 6.45) is 1.85. The minimum atomic E-state index is -0.407. The molecule has 2 heterocycles. The fourth-order valence-corrected chi connectivity index (χ4v) is 1.69. The Morgan fingerprint density at radius 2 is 2.53 bits per heavy atom. The number of hydrogen-bond donors (Lipinski definition) is 2. The number of carbonyl (C=O) groups excluding carboxylic acids is 2. The highest BCUT2D eigenvalue weighted by Gasteiger charge is 2.32. The second-order valence-electron chi connectivity index (χ2n) is 3.66. The van der Waals surface area contributed by atoms with Gasteiger partial charge in [0, 0.05) is 19.2 Å². The number of nitrogens with one attached hydrogen (secondary N) is 1. The molecule has 1 aliphatic heterocycles. The lowest BCUT2D eigenvalue weighted by Gasteiger charge is -2.14. The van der Waals surface area contributed by atoms with Crippen molar-refractivity contribution >= 4 is 11.8 Å². The zero-order valence-electron chi connectivity index (χ0n) is 8.14. The topological polar surface area (TPSA) is 92.1 Å². The van der Waals surface area contributed by atoms with Crippen molar-refractivity contribution in [1.82, 2.24) is 15.1 Å². The number of aromatic nitrogens is 2. The van der Waals surface area contributed by atoms with Gasteiger partial charge in [-0.1, -0.05) is 0 Å². The van der Waals surface area contributed by atoms with Gasteiger partial charge in [-0.25, -0.2) is 0 Å². The van der Waals surface area contributed by atoms with Gasteiger partial charge in [-0.05, 0) is 6.07 Å². The number of nitrogens with zero attached hydrogens (tertiary/aromatic N) is 2. The van der Waals surface area contributed by atoms with Gasteiger partial charge < -0.3 is 10.6 Å². The fraction of sp³-hybridized carbons (Fsp3) is 0.444. The van der Waals surface area contributed by atoms with Gasteiger partial charge in [-0.15, -0.1) is 0 Å². The molecule has 1 aromatic rings. The molecule has 2 amide bonds. The summed E-state index contributed by atoms with van der Waals surface area (Å²) in [5, 5.41) is 6.56. The zero-order chi connectivity index (χ0) is 10.8. The van der Waals surface area contributed by atoms with Crippen molar-refractivity contribution in [2.45, 2.75) is 13.0 Å². The van der Waals surface area contributed by atoms with E-state index in [9.17, 15) is 9.59 Å². The predicted octanol–water partition coefficient (Wildman–Crippen LogP) is -0.757. The van der Waals surface area contributed by atoms with Crippen molar-refractivity contribution in [3.8, 4) is 0 Å². The van der Waals surface area contributed by atoms with E-state index >= 15 is 0 Å². The Bertz CT molecular complexity index is 373. The summed E-state index contributed by atoms with van der Waals surface area (Å²) in [5.41, 5.74) is 6.01. The van der Waals surface area contributed by atoms with Gasteiger partial charge >= 0.3 is 0 Å². The molecular formula is C9H12N4O2. The van der Waals surface area contributed by atoms with Crippen LogP contribution in [0.5, 0.6) is 0 Å².